The second kappa shape index (κ2) is 6.11. The molecule has 0 aromatic rings. The first-order valence-corrected chi connectivity index (χ1v) is 10.7. The van der Waals surface area contributed by atoms with E-state index in [1.165, 1.54) is 38.5 Å². The fourth-order valence-electron chi connectivity index (χ4n) is 6.95. The van der Waals surface area contributed by atoms with Crippen LogP contribution in [-0.2, 0) is 9.47 Å². The van der Waals surface area contributed by atoms with Crippen molar-refractivity contribution in [2.45, 2.75) is 71.5 Å². The maximum atomic E-state index is 6.24. The lowest BCUT2D eigenvalue weighted by atomic mass is 9.42. The molecule has 1 heterocycles. The summed E-state index contributed by atoms with van der Waals surface area (Å²) in [6, 6.07) is 0. The van der Waals surface area contributed by atoms with E-state index in [-0.39, 0.29) is 22.0 Å². The van der Waals surface area contributed by atoms with Crippen molar-refractivity contribution in [2.24, 2.45) is 22.2 Å². The SMILES string of the molecule is CC1(C)C2CC[C@@]3(/C=C/CCl)CCCC=C3[C@@]2(C)CCC12OCCO2. The molecule has 0 N–H and O–H groups in total. The van der Waals surface area contributed by atoms with Gasteiger partial charge in [0.25, 0.3) is 0 Å². The Hall–Kier alpha value is -0.310. The molecular formula is C22H33ClO2. The van der Waals surface area contributed by atoms with E-state index in [4.69, 9.17) is 21.1 Å². The third-order valence-electron chi connectivity index (χ3n) is 8.08. The fraction of sp³-hybridized carbons (Fsp3) is 0.818. The molecule has 3 fully saturated rings. The molecule has 140 valence electrons. The highest BCUT2D eigenvalue weighted by molar-refractivity contribution is 6.18. The van der Waals surface area contributed by atoms with Crippen molar-refractivity contribution in [1.29, 1.82) is 0 Å². The molecule has 2 nitrogen and oxygen atoms in total. The standard InChI is InChI=1S/C22H33ClO2/c1-19(2)17-8-11-21(10-6-14-23)9-5-4-7-18(21)20(17,3)12-13-22(19)24-15-16-25-22/h6-7,10,17H,4-5,8-9,11-16H2,1-3H3/b10-6+/t17?,20-,21-/m0/s1. The smallest absolute Gasteiger partial charge is 0.173 e. The van der Waals surface area contributed by atoms with Crippen LogP contribution in [-0.4, -0.2) is 24.9 Å². The zero-order valence-corrected chi connectivity index (χ0v) is 16.8. The van der Waals surface area contributed by atoms with E-state index < -0.39 is 0 Å². The molecule has 1 unspecified atom stereocenters. The maximum absolute atomic E-state index is 6.24. The van der Waals surface area contributed by atoms with Crippen LogP contribution in [0.5, 0.6) is 0 Å². The third kappa shape index (κ3) is 2.43. The minimum absolute atomic E-state index is 0.0388. The molecule has 0 aromatic heterocycles. The van der Waals surface area contributed by atoms with Crippen molar-refractivity contribution in [2.75, 3.05) is 19.1 Å². The lowest BCUT2D eigenvalue weighted by Gasteiger charge is -2.64. The van der Waals surface area contributed by atoms with Gasteiger partial charge in [0.1, 0.15) is 0 Å². The van der Waals surface area contributed by atoms with E-state index in [0.29, 0.717) is 11.8 Å². The lowest BCUT2D eigenvalue weighted by molar-refractivity contribution is -0.284. The van der Waals surface area contributed by atoms with Crippen molar-refractivity contribution < 1.29 is 9.47 Å². The normalized spacial score (nSPS) is 42.2. The third-order valence-corrected chi connectivity index (χ3v) is 8.26. The Morgan fingerprint density at radius 3 is 2.60 bits per heavy atom. The zero-order valence-electron chi connectivity index (χ0n) is 16.1. The van der Waals surface area contributed by atoms with Crippen LogP contribution in [0.4, 0.5) is 0 Å². The van der Waals surface area contributed by atoms with Gasteiger partial charge >= 0.3 is 0 Å². The van der Waals surface area contributed by atoms with E-state index in [1.807, 2.05) is 0 Å². The Bertz CT molecular complexity index is 587. The molecule has 0 radical (unpaired) electrons. The summed E-state index contributed by atoms with van der Waals surface area (Å²) in [7, 11) is 0. The Kier molecular flexibility index (Phi) is 4.41. The molecule has 1 spiro atoms. The summed E-state index contributed by atoms with van der Waals surface area (Å²) >= 11 is 6.01. The molecule has 3 atom stereocenters. The number of hydrogen-bond acceptors (Lipinski definition) is 2. The molecular weight excluding hydrogens is 332 g/mol. The summed E-state index contributed by atoms with van der Waals surface area (Å²) in [5, 5.41) is 0. The van der Waals surface area contributed by atoms with Gasteiger partial charge in [0, 0.05) is 23.1 Å². The second-order valence-electron chi connectivity index (χ2n) is 9.40. The van der Waals surface area contributed by atoms with Gasteiger partial charge in [-0.05, 0) is 49.9 Å². The van der Waals surface area contributed by atoms with Gasteiger partial charge in [0.15, 0.2) is 5.79 Å². The van der Waals surface area contributed by atoms with Crippen molar-refractivity contribution in [1.82, 2.24) is 0 Å². The van der Waals surface area contributed by atoms with E-state index in [2.05, 4.69) is 39.0 Å². The van der Waals surface area contributed by atoms with Crippen LogP contribution >= 0.6 is 11.6 Å². The Balaban J connectivity index is 1.75. The van der Waals surface area contributed by atoms with Crippen LogP contribution in [0, 0.1) is 22.2 Å². The average molecular weight is 365 g/mol. The maximum Gasteiger partial charge on any atom is 0.173 e. The second-order valence-corrected chi connectivity index (χ2v) is 9.71. The number of allylic oxidation sites excluding steroid dienone is 4. The van der Waals surface area contributed by atoms with Gasteiger partial charge in [-0.15, -0.1) is 11.6 Å². The van der Waals surface area contributed by atoms with Gasteiger partial charge in [-0.1, -0.05) is 44.6 Å². The molecule has 2 saturated carbocycles. The van der Waals surface area contributed by atoms with Crippen molar-refractivity contribution in [3.8, 4) is 0 Å². The Labute approximate surface area is 158 Å². The van der Waals surface area contributed by atoms with E-state index in [0.717, 1.165) is 19.6 Å². The number of rotatable bonds is 2. The molecule has 4 rings (SSSR count). The zero-order chi connectivity index (χ0) is 17.8. The number of alkyl halides is 1. The summed E-state index contributed by atoms with van der Waals surface area (Å²) in [6.07, 6.45) is 15.7. The van der Waals surface area contributed by atoms with Gasteiger partial charge in [-0.3, -0.25) is 0 Å². The largest absolute Gasteiger partial charge is 0.347 e. The van der Waals surface area contributed by atoms with Gasteiger partial charge in [-0.2, -0.15) is 0 Å². The molecule has 0 amide bonds. The van der Waals surface area contributed by atoms with Gasteiger partial charge in [0.2, 0.25) is 0 Å². The van der Waals surface area contributed by atoms with E-state index in [1.54, 1.807) is 5.57 Å². The Morgan fingerprint density at radius 2 is 1.88 bits per heavy atom. The van der Waals surface area contributed by atoms with Crippen molar-refractivity contribution >= 4 is 11.6 Å². The molecule has 1 saturated heterocycles. The minimum atomic E-state index is -0.363. The first-order chi connectivity index (χ1) is 11.9. The van der Waals surface area contributed by atoms with Gasteiger partial charge in [0.05, 0.1) is 13.2 Å². The van der Waals surface area contributed by atoms with Crippen molar-refractivity contribution in [3.05, 3.63) is 23.8 Å². The van der Waals surface area contributed by atoms with E-state index in [9.17, 15) is 0 Å². The molecule has 1 aliphatic heterocycles. The van der Waals surface area contributed by atoms with Crippen LogP contribution in [0.1, 0.15) is 65.7 Å². The monoisotopic (exact) mass is 364 g/mol. The number of hydrogen-bond donors (Lipinski definition) is 0. The van der Waals surface area contributed by atoms with Gasteiger partial charge < -0.3 is 9.47 Å². The van der Waals surface area contributed by atoms with E-state index >= 15 is 0 Å². The summed E-state index contributed by atoms with van der Waals surface area (Å²) < 4.78 is 12.5. The fourth-order valence-corrected chi connectivity index (χ4v) is 7.04. The van der Waals surface area contributed by atoms with Crippen LogP contribution in [0.15, 0.2) is 23.8 Å². The highest BCUT2D eigenvalue weighted by atomic mass is 35.5. The van der Waals surface area contributed by atoms with Crippen LogP contribution in [0.25, 0.3) is 0 Å². The summed E-state index contributed by atoms with van der Waals surface area (Å²) in [6.45, 7) is 8.81. The summed E-state index contributed by atoms with van der Waals surface area (Å²) in [5.74, 6) is 0.859. The molecule has 3 aliphatic carbocycles. The Morgan fingerprint density at radius 1 is 1.12 bits per heavy atom. The molecule has 0 bridgehead atoms. The predicted octanol–water partition coefficient (Wildman–Crippen LogP) is 5.86. The quantitative estimate of drug-likeness (QED) is 0.451. The molecule has 3 heteroatoms. The number of fused-ring (bicyclic) bond motifs is 3. The van der Waals surface area contributed by atoms with Crippen LogP contribution in [0.3, 0.4) is 0 Å². The minimum Gasteiger partial charge on any atom is -0.347 e. The number of halogens is 1. The van der Waals surface area contributed by atoms with Crippen LogP contribution in [0.2, 0.25) is 0 Å². The highest BCUT2D eigenvalue weighted by Gasteiger charge is 2.65. The van der Waals surface area contributed by atoms with Crippen LogP contribution < -0.4 is 0 Å². The van der Waals surface area contributed by atoms with Crippen molar-refractivity contribution in [3.63, 3.8) is 0 Å². The summed E-state index contributed by atoms with van der Waals surface area (Å²) in [5.41, 5.74) is 2.23. The molecule has 0 aromatic carbocycles. The highest BCUT2D eigenvalue weighted by Crippen LogP contribution is 2.69. The topological polar surface area (TPSA) is 18.5 Å². The first-order valence-electron chi connectivity index (χ1n) is 10.1. The lowest BCUT2D eigenvalue weighted by Crippen LogP contribution is -2.61. The first kappa shape index (κ1) is 18.1. The molecule has 25 heavy (non-hydrogen) atoms. The average Bonchev–Trinajstić information content (AvgIpc) is 3.08. The number of ether oxygens (including phenoxy) is 2. The van der Waals surface area contributed by atoms with Gasteiger partial charge in [-0.25, -0.2) is 0 Å². The summed E-state index contributed by atoms with van der Waals surface area (Å²) in [4.78, 5) is 0. The molecule has 4 aliphatic rings. The predicted molar refractivity (Wildman–Crippen MR) is 103 cm³/mol.